The Hall–Kier alpha value is -5.84. The molecule has 0 unspecified atom stereocenters. The van der Waals surface area contributed by atoms with Crippen LogP contribution in [0.25, 0.3) is 0 Å². The summed E-state index contributed by atoms with van der Waals surface area (Å²) in [6.45, 7) is 0. The first-order valence-electron chi connectivity index (χ1n) is 13.6. The third kappa shape index (κ3) is 10.2. The highest BCUT2D eigenvalue weighted by molar-refractivity contribution is 6.07. The normalized spacial score (nSPS) is 9.95. The highest BCUT2D eigenvalue weighted by Gasteiger charge is 2.12. The number of carbonyl (C=O) groups excluding carboxylic acids is 3. The topological polar surface area (TPSA) is 169 Å². The van der Waals surface area contributed by atoms with Crippen molar-refractivity contribution in [2.45, 2.75) is 19.3 Å². The maximum absolute atomic E-state index is 12.4. The number of anilines is 4. The van der Waals surface area contributed by atoms with E-state index < -0.39 is 5.97 Å². The van der Waals surface area contributed by atoms with E-state index in [1.54, 1.807) is 99.1 Å². The number of methoxy groups -OCH3 is 2. The molecule has 6 N–H and O–H groups in total. The zero-order valence-electron chi connectivity index (χ0n) is 24.3. The van der Waals surface area contributed by atoms with Crippen LogP contribution >= 0.6 is 0 Å². The van der Waals surface area contributed by atoms with Crippen molar-refractivity contribution in [3.05, 3.63) is 108 Å². The van der Waals surface area contributed by atoms with E-state index in [4.69, 9.17) is 20.3 Å². The molecule has 0 aliphatic rings. The molecular formula is C33H34N4O7. The first-order chi connectivity index (χ1) is 21.2. The van der Waals surface area contributed by atoms with E-state index >= 15 is 0 Å². The summed E-state index contributed by atoms with van der Waals surface area (Å²) in [5.74, 6) is -0.403. The van der Waals surface area contributed by atoms with Crippen molar-refractivity contribution in [1.82, 2.24) is 0 Å². The summed E-state index contributed by atoms with van der Waals surface area (Å²) >= 11 is 0. The molecule has 3 amide bonds. The lowest BCUT2D eigenvalue weighted by molar-refractivity contribution is -0.137. The average molecular weight is 599 g/mol. The number of benzene rings is 4. The second-order valence-corrected chi connectivity index (χ2v) is 9.29. The van der Waals surface area contributed by atoms with Crippen LogP contribution in [-0.4, -0.2) is 43.0 Å². The second kappa shape index (κ2) is 16.6. The van der Waals surface area contributed by atoms with Crippen LogP contribution in [0.1, 0.15) is 40.0 Å². The van der Waals surface area contributed by atoms with Crippen molar-refractivity contribution in [1.29, 1.82) is 0 Å². The molecular weight excluding hydrogens is 564 g/mol. The van der Waals surface area contributed by atoms with Gasteiger partial charge in [0.2, 0.25) is 5.91 Å². The molecule has 0 spiro atoms. The average Bonchev–Trinajstić information content (AvgIpc) is 3.03. The molecule has 0 fully saturated rings. The van der Waals surface area contributed by atoms with E-state index in [1.165, 1.54) is 0 Å². The summed E-state index contributed by atoms with van der Waals surface area (Å²) < 4.78 is 10.1. The number of carboxylic acid groups (broad SMARTS) is 1. The minimum Gasteiger partial charge on any atom is -0.497 e. The number of para-hydroxylation sites is 4. The molecule has 0 atom stereocenters. The number of nitrogen functional groups attached to an aromatic ring is 1. The Balaban J connectivity index is 0.000000257. The number of carboxylic acids is 1. The van der Waals surface area contributed by atoms with Gasteiger partial charge in [0.15, 0.2) is 0 Å². The molecule has 0 radical (unpaired) electrons. The SMILES string of the molecule is COc1ccc(C(=O)Nc2ccccc2N)cc1.COc1ccc(C(=O)Nc2ccccc2NC(=O)CCCC(=O)O)cc1. The first kappa shape index (κ1) is 32.7. The molecule has 44 heavy (non-hydrogen) atoms. The summed E-state index contributed by atoms with van der Waals surface area (Å²) in [5.41, 5.74) is 8.83. The standard InChI is InChI=1S/C19H20N2O5.C14H14N2O2/c1-26-14-11-9-13(10-12-14)19(25)21-16-6-3-2-5-15(16)20-17(22)7-4-8-18(23)24;1-18-11-8-6-10(7-9-11)14(17)16-13-5-3-2-4-12(13)15/h2-3,5-6,9-12H,4,7-8H2,1H3,(H,20,22)(H,21,25)(H,23,24);2-9H,15H2,1H3,(H,16,17). The maximum Gasteiger partial charge on any atom is 0.303 e. The molecule has 0 aliphatic carbocycles. The van der Waals surface area contributed by atoms with E-state index in [-0.39, 0.29) is 37.0 Å². The molecule has 0 saturated heterocycles. The molecule has 4 aromatic carbocycles. The van der Waals surface area contributed by atoms with Gasteiger partial charge in [-0.1, -0.05) is 24.3 Å². The Bertz CT molecular complexity index is 1570. The number of hydrogen-bond acceptors (Lipinski definition) is 7. The van der Waals surface area contributed by atoms with Crippen molar-refractivity contribution >= 4 is 46.4 Å². The van der Waals surface area contributed by atoms with Gasteiger partial charge in [-0.05, 0) is 79.2 Å². The van der Waals surface area contributed by atoms with Gasteiger partial charge in [-0.2, -0.15) is 0 Å². The molecule has 0 aliphatic heterocycles. The van der Waals surface area contributed by atoms with Gasteiger partial charge in [-0.25, -0.2) is 0 Å². The maximum atomic E-state index is 12.4. The third-order valence-corrected chi connectivity index (χ3v) is 6.16. The fraction of sp³-hybridized carbons (Fsp3) is 0.152. The van der Waals surface area contributed by atoms with E-state index in [1.807, 2.05) is 12.1 Å². The lowest BCUT2D eigenvalue weighted by Gasteiger charge is -2.12. The number of amides is 3. The summed E-state index contributed by atoms with van der Waals surface area (Å²) in [6, 6.07) is 27.5. The van der Waals surface area contributed by atoms with Crippen molar-refractivity contribution in [2.75, 3.05) is 35.9 Å². The van der Waals surface area contributed by atoms with Crippen LogP contribution in [0.4, 0.5) is 22.7 Å². The van der Waals surface area contributed by atoms with Crippen LogP contribution < -0.4 is 31.2 Å². The van der Waals surface area contributed by atoms with Gasteiger partial charge in [-0.3, -0.25) is 19.2 Å². The van der Waals surface area contributed by atoms with Gasteiger partial charge < -0.3 is 36.3 Å². The predicted molar refractivity (Wildman–Crippen MR) is 169 cm³/mol. The van der Waals surface area contributed by atoms with Gasteiger partial charge in [-0.15, -0.1) is 0 Å². The summed E-state index contributed by atoms with van der Waals surface area (Å²) in [6.07, 6.45) is 0.276. The number of carbonyl (C=O) groups is 4. The van der Waals surface area contributed by atoms with E-state index in [9.17, 15) is 19.2 Å². The van der Waals surface area contributed by atoms with Crippen LogP contribution in [0.3, 0.4) is 0 Å². The zero-order chi connectivity index (χ0) is 31.9. The van der Waals surface area contributed by atoms with Crippen LogP contribution in [0.2, 0.25) is 0 Å². The molecule has 11 heteroatoms. The van der Waals surface area contributed by atoms with Gasteiger partial charge >= 0.3 is 5.97 Å². The molecule has 4 rings (SSSR count). The number of nitrogens with two attached hydrogens (primary N) is 1. The van der Waals surface area contributed by atoms with Crippen molar-refractivity contribution < 1.29 is 33.8 Å². The lowest BCUT2D eigenvalue weighted by atomic mass is 10.2. The predicted octanol–water partition coefficient (Wildman–Crippen LogP) is 5.67. The van der Waals surface area contributed by atoms with Crippen LogP contribution in [-0.2, 0) is 9.59 Å². The summed E-state index contributed by atoms with van der Waals surface area (Å²) in [7, 11) is 3.13. The minimum atomic E-state index is -0.940. The number of rotatable bonds is 11. The van der Waals surface area contributed by atoms with Crippen LogP contribution in [0.5, 0.6) is 11.5 Å². The van der Waals surface area contributed by atoms with Crippen molar-refractivity contribution in [3.8, 4) is 11.5 Å². The lowest BCUT2D eigenvalue weighted by Crippen LogP contribution is -2.16. The number of ether oxygens (including phenoxy) is 2. The van der Waals surface area contributed by atoms with E-state index in [0.29, 0.717) is 45.4 Å². The largest absolute Gasteiger partial charge is 0.497 e. The Morgan fingerprint density at radius 1 is 0.614 bits per heavy atom. The Morgan fingerprint density at radius 3 is 1.50 bits per heavy atom. The fourth-order valence-corrected chi connectivity index (χ4v) is 3.80. The molecule has 0 heterocycles. The highest BCUT2D eigenvalue weighted by atomic mass is 16.5. The quantitative estimate of drug-likeness (QED) is 0.138. The monoisotopic (exact) mass is 598 g/mol. The summed E-state index contributed by atoms with van der Waals surface area (Å²) in [4.78, 5) is 46.8. The molecule has 0 saturated carbocycles. The van der Waals surface area contributed by atoms with Crippen molar-refractivity contribution in [2.24, 2.45) is 0 Å². The van der Waals surface area contributed by atoms with Crippen LogP contribution in [0, 0.1) is 0 Å². The van der Waals surface area contributed by atoms with E-state index in [0.717, 1.165) is 0 Å². The smallest absolute Gasteiger partial charge is 0.303 e. The molecule has 0 bridgehead atoms. The molecule has 4 aromatic rings. The van der Waals surface area contributed by atoms with Gasteiger partial charge in [0.05, 0.1) is 37.0 Å². The minimum absolute atomic E-state index is 0.0662. The highest BCUT2D eigenvalue weighted by Crippen LogP contribution is 2.23. The first-order valence-corrected chi connectivity index (χ1v) is 13.6. The summed E-state index contributed by atoms with van der Waals surface area (Å²) in [5, 5.41) is 16.8. The number of hydrogen-bond donors (Lipinski definition) is 5. The number of aliphatic carboxylic acids is 1. The van der Waals surface area contributed by atoms with E-state index in [2.05, 4.69) is 16.0 Å². The Morgan fingerprint density at radius 2 is 1.05 bits per heavy atom. The fourth-order valence-electron chi connectivity index (χ4n) is 3.80. The number of nitrogens with one attached hydrogen (secondary N) is 3. The zero-order valence-corrected chi connectivity index (χ0v) is 24.3. The Labute approximate surface area is 255 Å². The molecule has 11 nitrogen and oxygen atoms in total. The van der Waals surface area contributed by atoms with Gasteiger partial charge in [0.25, 0.3) is 11.8 Å². The van der Waals surface area contributed by atoms with Crippen molar-refractivity contribution in [3.63, 3.8) is 0 Å². The Kier molecular flexibility index (Phi) is 12.3. The molecule has 0 aromatic heterocycles. The van der Waals surface area contributed by atoms with Crippen LogP contribution in [0.15, 0.2) is 97.1 Å². The third-order valence-electron chi connectivity index (χ3n) is 6.16. The van der Waals surface area contributed by atoms with Gasteiger partial charge in [0, 0.05) is 24.0 Å². The second-order valence-electron chi connectivity index (χ2n) is 9.29. The van der Waals surface area contributed by atoms with Gasteiger partial charge in [0.1, 0.15) is 11.5 Å². The molecule has 228 valence electrons.